The maximum Gasteiger partial charge on any atom is 0.320 e. The number of aliphatic hydroxyl groups excluding tert-OH is 3. The van der Waals surface area contributed by atoms with Gasteiger partial charge < -0.3 is 26.2 Å². The van der Waals surface area contributed by atoms with Crippen LogP contribution in [0.2, 0.25) is 0 Å². The van der Waals surface area contributed by atoms with E-state index >= 15 is 0 Å². The second-order valence-corrected chi connectivity index (χ2v) is 8.90. The Labute approximate surface area is 195 Å². The Hall–Kier alpha value is -1.28. The molecule has 0 aliphatic carbocycles. The molecule has 0 fully saturated rings. The molecule has 0 amide bonds. The molecular formula is C25H49NO6. The van der Waals surface area contributed by atoms with E-state index in [1.807, 2.05) is 13.8 Å². The molecule has 0 aromatic carbocycles. The quantitative estimate of drug-likeness (QED) is 0.145. The summed E-state index contributed by atoms with van der Waals surface area (Å²) >= 11 is 0. The number of carbonyl (C=O) groups excluding carboxylic acids is 1. The van der Waals surface area contributed by atoms with Crippen LogP contribution in [0.5, 0.6) is 0 Å². The molecule has 0 saturated carbocycles. The average molecular weight is 460 g/mol. The van der Waals surface area contributed by atoms with Crippen LogP contribution >= 0.6 is 0 Å². The predicted molar refractivity (Wildman–Crippen MR) is 129 cm³/mol. The van der Waals surface area contributed by atoms with Crippen molar-refractivity contribution in [1.29, 1.82) is 0 Å². The van der Waals surface area contributed by atoms with E-state index in [0.29, 0.717) is 12.3 Å². The van der Waals surface area contributed by atoms with Crippen molar-refractivity contribution < 1.29 is 30.0 Å². The molecule has 0 aromatic rings. The molecule has 0 spiro atoms. The predicted octanol–water partition coefficient (Wildman–Crippen LogP) is 3.97. The molecular weight excluding hydrogens is 410 g/mol. The fraction of sp³-hybridized carbons (Fsp3) is 0.840. The van der Waals surface area contributed by atoms with Gasteiger partial charge in [0.05, 0.1) is 6.61 Å². The van der Waals surface area contributed by atoms with E-state index in [1.54, 1.807) is 6.08 Å². The standard InChI is InChI=1S/C19H36O4.C6H13NO2/c1-2-3-4-5-6-7-8-9-10-11-12-13-14-15-17(21)19(23)18(22)16-20;1-4(2)3-5(7)6(8)9/h14-15,18-20,22-23H,2-13,16H2,1H3;4-5H,3,7H2,1-2H3,(H,8,9)/t;5-/m.0/s1. The Morgan fingerprint density at radius 3 is 1.72 bits per heavy atom. The van der Waals surface area contributed by atoms with Crippen LogP contribution in [0.4, 0.5) is 0 Å². The normalized spacial score (nSPS) is 14.1. The van der Waals surface area contributed by atoms with Crippen LogP contribution in [0.25, 0.3) is 0 Å². The molecule has 7 heteroatoms. The monoisotopic (exact) mass is 459 g/mol. The number of carbonyl (C=O) groups is 2. The molecule has 7 nitrogen and oxygen atoms in total. The summed E-state index contributed by atoms with van der Waals surface area (Å²) in [5.41, 5.74) is 5.22. The van der Waals surface area contributed by atoms with Crippen LogP contribution in [0.15, 0.2) is 12.2 Å². The molecule has 6 N–H and O–H groups in total. The van der Waals surface area contributed by atoms with E-state index in [1.165, 1.54) is 63.9 Å². The first-order valence-electron chi connectivity index (χ1n) is 12.3. The molecule has 0 bridgehead atoms. The molecule has 190 valence electrons. The Morgan fingerprint density at radius 2 is 1.34 bits per heavy atom. The van der Waals surface area contributed by atoms with Gasteiger partial charge in [-0.05, 0) is 31.3 Å². The van der Waals surface area contributed by atoms with Crippen molar-refractivity contribution in [3.8, 4) is 0 Å². The highest BCUT2D eigenvalue weighted by atomic mass is 16.4. The van der Waals surface area contributed by atoms with E-state index in [0.717, 1.165) is 19.3 Å². The third kappa shape index (κ3) is 21.9. The van der Waals surface area contributed by atoms with Gasteiger partial charge in [0.1, 0.15) is 18.2 Å². The number of unbranched alkanes of at least 4 members (excludes halogenated alkanes) is 11. The second kappa shape index (κ2) is 22.9. The van der Waals surface area contributed by atoms with Gasteiger partial charge in [-0.1, -0.05) is 91.1 Å². The summed E-state index contributed by atoms with van der Waals surface area (Å²) in [6, 6.07) is -0.690. The number of rotatable bonds is 19. The summed E-state index contributed by atoms with van der Waals surface area (Å²) in [5, 5.41) is 35.5. The van der Waals surface area contributed by atoms with Gasteiger partial charge in [0.2, 0.25) is 0 Å². The van der Waals surface area contributed by atoms with Crippen LogP contribution in [-0.2, 0) is 9.59 Å². The minimum absolute atomic E-state index is 0.357. The number of carboxylic acid groups (broad SMARTS) is 1. The van der Waals surface area contributed by atoms with Crippen molar-refractivity contribution in [1.82, 2.24) is 0 Å². The Balaban J connectivity index is 0. The van der Waals surface area contributed by atoms with Gasteiger partial charge in [0.15, 0.2) is 5.78 Å². The van der Waals surface area contributed by atoms with Crippen LogP contribution < -0.4 is 5.73 Å². The minimum atomic E-state index is -1.52. The van der Waals surface area contributed by atoms with Crippen molar-refractivity contribution in [2.24, 2.45) is 11.7 Å². The number of hydrogen-bond donors (Lipinski definition) is 5. The topological polar surface area (TPSA) is 141 Å². The largest absolute Gasteiger partial charge is 0.480 e. The fourth-order valence-electron chi connectivity index (χ4n) is 3.12. The highest BCUT2D eigenvalue weighted by Gasteiger charge is 2.20. The maximum absolute atomic E-state index is 11.4. The molecule has 32 heavy (non-hydrogen) atoms. The fourth-order valence-corrected chi connectivity index (χ4v) is 3.12. The number of aliphatic carboxylic acids is 1. The summed E-state index contributed by atoms with van der Waals surface area (Å²) in [6.07, 6.45) is 15.7. The van der Waals surface area contributed by atoms with Gasteiger partial charge in [-0.15, -0.1) is 0 Å². The van der Waals surface area contributed by atoms with Crippen LogP contribution in [0.3, 0.4) is 0 Å². The van der Waals surface area contributed by atoms with Crippen LogP contribution in [-0.4, -0.2) is 57.0 Å². The SMILES string of the molecule is CC(C)C[C@H](N)C(=O)O.CCCCCCCCCCCCCC=CC(=O)C(O)C(O)CO. The zero-order valence-electron chi connectivity index (χ0n) is 20.5. The van der Waals surface area contributed by atoms with Gasteiger partial charge in [-0.2, -0.15) is 0 Å². The number of ketones is 1. The van der Waals surface area contributed by atoms with Gasteiger partial charge in [-0.25, -0.2) is 0 Å². The number of carboxylic acids is 1. The summed E-state index contributed by atoms with van der Waals surface area (Å²) in [5.74, 6) is -1.10. The first-order chi connectivity index (χ1) is 15.2. The van der Waals surface area contributed by atoms with E-state index < -0.39 is 36.6 Å². The first kappa shape index (κ1) is 32.9. The van der Waals surface area contributed by atoms with E-state index in [4.69, 9.17) is 21.1 Å². The van der Waals surface area contributed by atoms with E-state index in [-0.39, 0.29) is 0 Å². The van der Waals surface area contributed by atoms with Gasteiger partial charge in [-0.3, -0.25) is 9.59 Å². The minimum Gasteiger partial charge on any atom is -0.480 e. The average Bonchev–Trinajstić information content (AvgIpc) is 2.75. The third-order valence-electron chi connectivity index (χ3n) is 5.14. The van der Waals surface area contributed by atoms with Gasteiger partial charge >= 0.3 is 5.97 Å². The third-order valence-corrected chi connectivity index (χ3v) is 5.14. The maximum atomic E-state index is 11.4. The smallest absolute Gasteiger partial charge is 0.320 e. The zero-order chi connectivity index (χ0) is 24.8. The molecule has 0 radical (unpaired) electrons. The number of aliphatic hydroxyl groups is 3. The summed E-state index contributed by atoms with van der Waals surface area (Å²) in [4.78, 5) is 21.5. The number of hydrogen-bond acceptors (Lipinski definition) is 6. The molecule has 2 unspecified atom stereocenters. The lowest BCUT2D eigenvalue weighted by atomic mass is 10.0. The highest BCUT2D eigenvalue weighted by molar-refractivity contribution is 5.93. The molecule has 0 aliphatic heterocycles. The lowest BCUT2D eigenvalue weighted by Gasteiger charge is -2.11. The van der Waals surface area contributed by atoms with Crippen molar-refractivity contribution in [3.63, 3.8) is 0 Å². The summed E-state index contributed by atoms with van der Waals surface area (Å²) < 4.78 is 0. The van der Waals surface area contributed by atoms with Crippen LogP contribution in [0.1, 0.15) is 104 Å². The number of allylic oxidation sites excluding steroid dienone is 1. The lowest BCUT2D eigenvalue weighted by molar-refractivity contribution is -0.138. The van der Waals surface area contributed by atoms with Gasteiger partial charge in [0.25, 0.3) is 0 Å². The van der Waals surface area contributed by atoms with Crippen molar-refractivity contribution in [2.45, 2.75) is 122 Å². The van der Waals surface area contributed by atoms with Crippen molar-refractivity contribution in [2.75, 3.05) is 6.61 Å². The lowest BCUT2D eigenvalue weighted by Crippen LogP contribution is -2.35. The second-order valence-electron chi connectivity index (χ2n) is 8.90. The zero-order valence-corrected chi connectivity index (χ0v) is 20.5. The van der Waals surface area contributed by atoms with Crippen molar-refractivity contribution in [3.05, 3.63) is 12.2 Å². The Bertz CT molecular complexity index is 481. The number of nitrogens with two attached hydrogens (primary N) is 1. The molecule has 0 aliphatic rings. The first-order valence-corrected chi connectivity index (χ1v) is 12.3. The van der Waals surface area contributed by atoms with Gasteiger partial charge in [0, 0.05) is 0 Å². The molecule has 0 rings (SSSR count). The molecule has 3 atom stereocenters. The highest BCUT2D eigenvalue weighted by Crippen LogP contribution is 2.12. The Morgan fingerprint density at radius 1 is 0.875 bits per heavy atom. The molecule has 0 heterocycles. The van der Waals surface area contributed by atoms with E-state index in [9.17, 15) is 14.7 Å². The molecule has 0 aromatic heterocycles. The van der Waals surface area contributed by atoms with Crippen LogP contribution in [0, 0.1) is 5.92 Å². The Kier molecular flexibility index (Phi) is 23.5. The summed E-state index contributed by atoms with van der Waals surface area (Å²) in [7, 11) is 0. The molecule has 0 saturated heterocycles. The van der Waals surface area contributed by atoms with Crippen molar-refractivity contribution >= 4 is 11.8 Å². The van der Waals surface area contributed by atoms with E-state index in [2.05, 4.69) is 6.92 Å². The summed E-state index contributed by atoms with van der Waals surface area (Å²) in [6.45, 7) is 5.52.